The van der Waals surface area contributed by atoms with Gasteiger partial charge in [-0.25, -0.2) is 0 Å². The maximum absolute atomic E-state index is 6.15. The van der Waals surface area contributed by atoms with Crippen LogP contribution < -0.4 is 0 Å². The molecule has 1 fully saturated rings. The first-order chi connectivity index (χ1) is 11.0. The fourth-order valence-corrected chi connectivity index (χ4v) is 3.38. The lowest BCUT2D eigenvalue weighted by molar-refractivity contribution is -0.0586. The Kier molecular flexibility index (Phi) is 11.2. The molecule has 3 heteroatoms. The van der Waals surface area contributed by atoms with E-state index in [2.05, 4.69) is 34.6 Å². The molecule has 23 heavy (non-hydrogen) atoms. The zero-order chi connectivity index (χ0) is 17.1. The molecule has 1 aliphatic rings. The molecule has 0 amide bonds. The molecule has 1 aliphatic carbocycles. The Balaban J connectivity index is 2.01. The van der Waals surface area contributed by atoms with Gasteiger partial charge in [-0.1, -0.05) is 34.1 Å². The van der Waals surface area contributed by atoms with Gasteiger partial charge in [0.25, 0.3) is 0 Å². The SMILES string of the molecule is CCC(C)OCCCCOCCOC1CC(C)CCC1C(C)C. The van der Waals surface area contributed by atoms with E-state index in [0.717, 1.165) is 63.4 Å². The Labute approximate surface area is 144 Å². The number of hydrogen-bond donors (Lipinski definition) is 0. The summed E-state index contributed by atoms with van der Waals surface area (Å²) >= 11 is 0. The van der Waals surface area contributed by atoms with Crippen LogP contribution >= 0.6 is 0 Å². The molecule has 4 atom stereocenters. The molecule has 0 saturated heterocycles. The Morgan fingerprint density at radius 3 is 2.39 bits per heavy atom. The lowest BCUT2D eigenvalue weighted by Gasteiger charge is -2.37. The van der Waals surface area contributed by atoms with Gasteiger partial charge in [0.15, 0.2) is 0 Å². The van der Waals surface area contributed by atoms with Gasteiger partial charge in [-0.2, -0.15) is 0 Å². The smallest absolute Gasteiger partial charge is 0.0704 e. The van der Waals surface area contributed by atoms with Crippen molar-refractivity contribution in [3.63, 3.8) is 0 Å². The van der Waals surface area contributed by atoms with Crippen molar-refractivity contribution < 1.29 is 14.2 Å². The van der Waals surface area contributed by atoms with E-state index in [1.54, 1.807) is 0 Å². The van der Waals surface area contributed by atoms with Crippen molar-refractivity contribution >= 4 is 0 Å². The van der Waals surface area contributed by atoms with E-state index in [1.807, 2.05) is 0 Å². The van der Waals surface area contributed by atoms with E-state index >= 15 is 0 Å². The van der Waals surface area contributed by atoms with Crippen LogP contribution in [0.25, 0.3) is 0 Å². The Hall–Kier alpha value is -0.120. The van der Waals surface area contributed by atoms with E-state index < -0.39 is 0 Å². The van der Waals surface area contributed by atoms with Crippen LogP contribution in [0.2, 0.25) is 0 Å². The molecule has 0 spiro atoms. The molecule has 3 nitrogen and oxygen atoms in total. The van der Waals surface area contributed by atoms with Crippen molar-refractivity contribution in [2.24, 2.45) is 17.8 Å². The molecular formula is C20H40O3. The third-order valence-corrected chi connectivity index (χ3v) is 5.18. The topological polar surface area (TPSA) is 27.7 Å². The third-order valence-electron chi connectivity index (χ3n) is 5.18. The fraction of sp³-hybridized carbons (Fsp3) is 1.00. The molecule has 0 bridgehead atoms. The lowest BCUT2D eigenvalue weighted by atomic mass is 9.75. The summed E-state index contributed by atoms with van der Waals surface area (Å²) in [6.45, 7) is 14.4. The zero-order valence-corrected chi connectivity index (χ0v) is 16.2. The summed E-state index contributed by atoms with van der Waals surface area (Å²) in [5, 5.41) is 0. The van der Waals surface area contributed by atoms with E-state index in [4.69, 9.17) is 14.2 Å². The lowest BCUT2D eigenvalue weighted by Crippen LogP contribution is -2.35. The monoisotopic (exact) mass is 328 g/mol. The van der Waals surface area contributed by atoms with Crippen LogP contribution in [0.1, 0.15) is 73.1 Å². The van der Waals surface area contributed by atoms with Crippen LogP contribution in [0.4, 0.5) is 0 Å². The van der Waals surface area contributed by atoms with Gasteiger partial charge < -0.3 is 14.2 Å². The summed E-state index contributed by atoms with van der Waals surface area (Å²) < 4.78 is 17.5. The van der Waals surface area contributed by atoms with Crippen LogP contribution in [0.3, 0.4) is 0 Å². The minimum Gasteiger partial charge on any atom is -0.379 e. The second-order valence-electron chi connectivity index (χ2n) is 7.64. The van der Waals surface area contributed by atoms with Gasteiger partial charge in [-0.05, 0) is 56.8 Å². The van der Waals surface area contributed by atoms with Gasteiger partial charge in [0.2, 0.25) is 0 Å². The Bertz CT molecular complexity index is 280. The van der Waals surface area contributed by atoms with Gasteiger partial charge in [0, 0.05) is 13.2 Å². The average Bonchev–Trinajstić information content (AvgIpc) is 2.52. The molecule has 138 valence electrons. The van der Waals surface area contributed by atoms with Gasteiger partial charge in [-0.15, -0.1) is 0 Å². The van der Waals surface area contributed by atoms with Gasteiger partial charge in [0.05, 0.1) is 25.4 Å². The molecule has 1 rings (SSSR count). The molecule has 0 aromatic carbocycles. The first-order valence-electron chi connectivity index (χ1n) is 9.85. The summed E-state index contributed by atoms with van der Waals surface area (Å²) in [6, 6.07) is 0. The number of hydrogen-bond acceptors (Lipinski definition) is 3. The van der Waals surface area contributed by atoms with Crippen molar-refractivity contribution in [3.8, 4) is 0 Å². The summed E-state index contributed by atoms with van der Waals surface area (Å²) in [7, 11) is 0. The highest BCUT2D eigenvalue weighted by Crippen LogP contribution is 2.35. The fourth-order valence-electron chi connectivity index (χ4n) is 3.38. The van der Waals surface area contributed by atoms with Crippen molar-refractivity contribution in [1.29, 1.82) is 0 Å². The van der Waals surface area contributed by atoms with E-state index in [9.17, 15) is 0 Å². The van der Waals surface area contributed by atoms with Crippen molar-refractivity contribution in [3.05, 3.63) is 0 Å². The Morgan fingerprint density at radius 2 is 1.70 bits per heavy atom. The predicted molar refractivity (Wildman–Crippen MR) is 96.8 cm³/mol. The first-order valence-corrected chi connectivity index (χ1v) is 9.85. The van der Waals surface area contributed by atoms with Gasteiger partial charge in [0.1, 0.15) is 0 Å². The average molecular weight is 329 g/mol. The number of rotatable bonds is 12. The summed E-state index contributed by atoms with van der Waals surface area (Å²) in [5.74, 6) is 2.25. The highest BCUT2D eigenvalue weighted by atomic mass is 16.5. The van der Waals surface area contributed by atoms with Crippen molar-refractivity contribution in [1.82, 2.24) is 0 Å². The van der Waals surface area contributed by atoms with Gasteiger partial charge >= 0.3 is 0 Å². The van der Waals surface area contributed by atoms with E-state index in [1.165, 1.54) is 19.3 Å². The largest absolute Gasteiger partial charge is 0.379 e. The highest BCUT2D eigenvalue weighted by Gasteiger charge is 2.31. The second-order valence-corrected chi connectivity index (χ2v) is 7.64. The van der Waals surface area contributed by atoms with Crippen molar-refractivity contribution in [2.75, 3.05) is 26.4 Å². The summed E-state index contributed by atoms with van der Waals surface area (Å²) in [5.41, 5.74) is 0. The Morgan fingerprint density at radius 1 is 0.957 bits per heavy atom. The van der Waals surface area contributed by atoms with E-state index in [-0.39, 0.29) is 0 Å². The normalized spacial score (nSPS) is 26.6. The highest BCUT2D eigenvalue weighted by molar-refractivity contribution is 4.81. The maximum Gasteiger partial charge on any atom is 0.0704 e. The molecule has 0 N–H and O–H groups in total. The first kappa shape index (κ1) is 20.9. The zero-order valence-electron chi connectivity index (χ0n) is 16.2. The molecule has 1 saturated carbocycles. The summed E-state index contributed by atoms with van der Waals surface area (Å²) in [4.78, 5) is 0. The van der Waals surface area contributed by atoms with Crippen LogP contribution in [0, 0.1) is 17.8 Å². The minimum atomic E-state index is 0.385. The van der Waals surface area contributed by atoms with E-state index in [0.29, 0.717) is 12.2 Å². The second kappa shape index (κ2) is 12.3. The summed E-state index contributed by atoms with van der Waals surface area (Å²) in [6.07, 6.45) is 7.97. The van der Waals surface area contributed by atoms with Gasteiger partial charge in [-0.3, -0.25) is 0 Å². The molecule has 0 aromatic heterocycles. The molecule has 0 aliphatic heterocycles. The van der Waals surface area contributed by atoms with Crippen LogP contribution in [-0.2, 0) is 14.2 Å². The minimum absolute atomic E-state index is 0.385. The molecule has 0 radical (unpaired) electrons. The van der Waals surface area contributed by atoms with Crippen molar-refractivity contribution in [2.45, 2.75) is 85.4 Å². The number of ether oxygens (including phenoxy) is 3. The molecular weight excluding hydrogens is 288 g/mol. The standard InChI is InChI=1S/C20H40O3/c1-6-18(5)22-12-8-7-11-21-13-14-23-20-15-17(4)9-10-19(20)16(2)3/h16-20H,6-15H2,1-5H3. The molecule has 4 unspecified atom stereocenters. The third kappa shape index (κ3) is 9.07. The predicted octanol–water partition coefficient (Wildman–Crippen LogP) is 5.08. The quantitative estimate of drug-likeness (QED) is 0.468. The van der Waals surface area contributed by atoms with Crippen LogP contribution in [-0.4, -0.2) is 38.6 Å². The van der Waals surface area contributed by atoms with Crippen LogP contribution in [0.5, 0.6) is 0 Å². The number of unbranched alkanes of at least 4 members (excludes halogenated alkanes) is 1. The molecule has 0 heterocycles. The van der Waals surface area contributed by atoms with Crippen LogP contribution in [0.15, 0.2) is 0 Å². The molecule has 0 aromatic rings. The maximum atomic E-state index is 6.15.